The lowest BCUT2D eigenvalue weighted by atomic mass is 10.1. The lowest BCUT2D eigenvalue weighted by Gasteiger charge is -2.33. The second-order valence-electron chi connectivity index (χ2n) is 7.40. The predicted octanol–water partition coefficient (Wildman–Crippen LogP) is 2.67. The molecule has 158 valence electrons. The molecular formula is C20H19FN8OS. The third kappa shape index (κ3) is 4.14. The van der Waals surface area contributed by atoms with E-state index in [1.165, 1.54) is 12.3 Å². The van der Waals surface area contributed by atoms with Crippen LogP contribution in [0.4, 0.5) is 10.2 Å². The van der Waals surface area contributed by atoms with E-state index >= 15 is 0 Å². The van der Waals surface area contributed by atoms with Crippen molar-refractivity contribution in [1.82, 2.24) is 33.8 Å². The third-order valence-corrected chi connectivity index (χ3v) is 5.97. The minimum Gasteiger partial charge on any atom is -0.366 e. The Kier molecular flexibility index (Phi) is 5.35. The molecule has 1 aliphatic rings. The standard InChI is InChI=1S/C20H19FN8OS/c21-13-3-4-19-23-8-16(29(19)9-13)20-22-6-5-18(25-20)24-14-2-1-7-28(10-14)11-15-17(12-30)31-27-26-15/h3-6,8-9,12,14H,1-2,7,10-11H2,(H,22,24,25). The zero-order chi connectivity index (χ0) is 21.2. The van der Waals surface area contributed by atoms with Gasteiger partial charge in [-0.3, -0.25) is 14.1 Å². The maximum absolute atomic E-state index is 13.7. The van der Waals surface area contributed by atoms with Crippen LogP contribution >= 0.6 is 11.5 Å². The number of anilines is 1. The van der Waals surface area contributed by atoms with E-state index in [1.807, 2.05) is 6.07 Å². The summed E-state index contributed by atoms with van der Waals surface area (Å²) in [5.41, 5.74) is 1.98. The number of rotatable bonds is 6. The number of piperidine rings is 1. The summed E-state index contributed by atoms with van der Waals surface area (Å²) < 4.78 is 19.2. The number of carbonyl (C=O) groups is 1. The molecule has 0 amide bonds. The second kappa shape index (κ2) is 8.44. The number of carbonyl (C=O) groups excluding carboxylic acids is 1. The highest BCUT2D eigenvalue weighted by atomic mass is 32.1. The number of pyridine rings is 1. The Balaban J connectivity index is 1.31. The number of hydrogen-bond acceptors (Lipinski definition) is 9. The first kappa shape index (κ1) is 19.6. The lowest BCUT2D eigenvalue weighted by molar-refractivity contribution is 0.112. The van der Waals surface area contributed by atoms with Gasteiger partial charge >= 0.3 is 0 Å². The summed E-state index contributed by atoms with van der Waals surface area (Å²) in [7, 11) is 0. The van der Waals surface area contributed by atoms with Gasteiger partial charge in [-0.2, -0.15) is 0 Å². The number of likely N-dealkylation sites (tertiary alicyclic amines) is 1. The normalized spacial score (nSPS) is 17.1. The molecule has 1 aliphatic heterocycles. The summed E-state index contributed by atoms with van der Waals surface area (Å²) in [6.07, 6.45) is 7.54. The van der Waals surface area contributed by atoms with Crippen molar-refractivity contribution >= 4 is 29.3 Å². The van der Waals surface area contributed by atoms with Crippen molar-refractivity contribution in [3.63, 3.8) is 0 Å². The van der Waals surface area contributed by atoms with Crippen LogP contribution in [0.25, 0.3) is 17.2 Å². The highest BCUT2D eigenvalue weighted by Crippen LogP contribution is 2.21. The van der Waals surface area contributed by atoms with Crippen LogP contribution in [0.15, 0.2) is 36.8 Å². The topological polar surface area (TPSA) is 101 Å². The fourth-order valence-electron chi connectivity index (χ4n) is 3.84. The molecule has 0 saturated carbocycles. The fraction of sp³-hybridized carbons (Fsp3) is 0.300. The van der Waals surface area contributed by atoms with Crippen molar-refractivity contribution in [1.29, 1.82) is 0 Å². The van der Waals surface area contributed by atoms with Gasteiger partial charge < -0.3 is 5.32 Å². The van der Waals surface area contributed by atoms with Crippen LogP contribution in [0.5, 0.6) is 0 Å². The van der Waals surface area contributed by atoms with Crippen molar-refractivity contribution < 1.29 is 9.18 Å². The van der Waals surface area contributed by atoms with Gasteiger partial charge in [0.05, 0.1) is 6.20 Å². The summed E-state index contributed by atoms with van der Waals surface area (Å²) in [6, 6.07) is 5.01. The number of aromatic nitrogens is 6. The molecule has 1 atom stereocenters. The fourth-order valence-corrected chi connectivity index (χ4v) is 4.32. The van der Waals surface area contributed by atoms with Gasteiger partial charge in [-0.15, -0.1) is 5.10 Å². The molecule has 0 aliphatic carbocycles. The van der Waals surface area contributed by atoms with E-state index in [9.17, 15) is 9.18 Å². The molecule has 4 aromatic rings. The number of nitrogens with zero attached hydrogens (tertiary/aromatic N) is 7. The smallest absolute Gasteiger partial charge is 0.180 e. The number of imidazole rings is 1. The van der Waals surface area contributed by atoms with Gasteiger partial charge in [0.2, 0.25) is 0 Å². The van der Waals surface area contributed by atoms with E-state index in [1.54, 1.807) is 22.9 Å². The Morgan fingerprint density at radius 3 is 3.13 bits per heavy atom. The molecule has 0 radical (unpaired) electrons. The monoisotopic (exact) mass is 438 g/mol. The summed E-state index contributed by atoms with van der Waals surface area (Å²) in [4.78, 5) is 27.2. The first-order valence-corrected chi connectivity index (χ1v) is 10.7. The minimum atomic E-state index is -0.351. The Bertz CT molecular complexity index is 1220. The molecule has 9 nitrogen and oxygen atoms in total. The van der Waals surface area contributed by atoms with Gasteiger partial charge in [0.15, 0.2) is 12.1 Å². The zero-order valence-electron chi connectivity index (χ0n) is 16.5. The highest BCUT2D eigenvalue weighted by molar-refractivity contribution is 7.07. The number of aldehydes is 1. The van der Waals surface area contributed by atoms with Crippen molar-refractivity contribution in [3.05, 3.63) is 53.2 Å². The van der Waals surface area contributed by atoms with E-state index in [4.69, 9.17) is 0 Å². The largest absolute Gasteiger partial charge is 0.366 e. The van der Waals surface area contributed by atoms with Crippen molar-refractivity contribution in [2.75, 3.05) is 18.4 Å². The van der Waals surface area contributed by atoms with Gasteiger partial charge in [-0.1, -0.05) is 4.49 Å². The number of nitrogens with one attached hydrogen (secondary N) is 1. The Morgan fingerprint density at radius 2 is 2.23 bits per heavy atom. The summed E-state index contributed by atoms with van der Waals surface area (Å²) in [5.74, 6) is 0.823. The molecule has 1 unspecified atom stereocenters. The van der Waals surface area contributed by atoms with Crippen molar-refractivity contribution in [2.24, 2.45) is 0 Å². The Hall–Kier alpha value is -3.31. The van der Waals surface area contributed by atoms with Crippen LogP contribution in [0.2, 0.25) is 0 Å². The third-order valence-electron chi connectivity index (χ3n) is 5.28. The second-order valence-corrected chi connectivity index (χ2v) is 8.19. The number of halogens is 1. The maximum Gasteiger partial charge on any atom is 0.180 e. The predicted molar refractivity (Wildman–Crippen MR) is 113 cm³/mol. The van der Waals surface area contributed by atoms with Gasteiger partial charge in [0, 0.05) is 31.5 Å². The molecule has 1 N–H and O–H groups in total. The SMILES string of the molecule is O=Cc1snnc1CN1CCCC(Nc2ccnc(-c3cnc4ccc(F)cn34)n2)C1. The van der Waals surface area contributed by atoms with Crippen LogP contribution in [-0.4, -0.2) is 59.3 Å². The van der Waals surface area contributed by atoms with Crippen LogP contribution in [0, 0.1) is 5.82 Å². The van der Waals surface area contributed by atoms with E-state index in [2.05, 4.69) is 34.8 Å². The first-order valence-electron chi connectivity index (χ1n) is 9.91. The maximum atomic E-state index is 13.7. The first-order chi connectivity index (χ1) is 15.2. The molecule has 0 bridgehead atoms. The molecule has 5 heterocycles. The molecule has 0 spiro atoms. The van der Waals surface area contributed by atoms with Crippen LogP contribution < -0.4 is 5.32 Å². The Morgan fingerprint density at radius 1 is 1.29 bits per heavy atom. The minimum absolute atomic E-state index is 0.197. The molecule has 5 rings (SSSR count). The van der Waals surface area contributed by atoms with E-state index in [0.717, 1.165) is 49.4 Å². The van der Waals surface area contributed by atoms with Gasteiger partial charge in [0.1, 0.15) is 33.5 Å². The van der Waals surface area contributed by atoms with Crippen LogP contribution in [0.3, 0.4) is 0 Å². The average Bonchev–Trinajstić information content (AvgIpc) is 3.40. The number of fused-ring (bicyclic) bond motifs is 1. The van der Waals surface area contributed by atoms with Crippen molar-refractivity contribution in [2.45, 2.75) is 25.4 Å². The van der Waals surface area contributed by atoms with E-state index in [0.29, 0.717) is 34.4 Å². The van der Waals surface area contributed by atoms with Crippen LogP contribution in [0.1, 0.15) is 28.2 Å². The quantitative estimate of drug-likeness (QED) is 0.459. The van der Waals surface area contributed by atoms with Crippen LogP contribution in [-0.2, 0) is 6.54 Å². The summed E-state index contributed by atoms with van der Waals surface area (Å²) >= 11 is 1.12. The van der Waals surface area contributed by atoms with Gasteiger partial charge in [0.25, 0.3) is 0 Å². The molecular weight excluding hydrogens is 419 g/mol. The highest BCUT2D eigenvalue weighted by Gasteiger charge is 2.22. The van der Waals surface area contributed by atoms with Gasteiger partial charge in [-0.05, 0) is 49.1 Å². The molecule has 4 aromatic heterocycles. The molecule has 31 heavy (non-hydrogen) atoms. The Labute approximate surface area is 181 Å². The lowest BCUT2D eigenvalue weighted by Crippen LogP contribution is -2.42. The summed E-state index contributed by atoms with van der Waals surface area (Å²) in [6.45, 7) is 2.34. The van der Waals surface area contributed by atoms with Gasteiger partial charge in [-0.25, -0.2) is 19.3 Å². The molecule has 0 aromatic carbocycles. The summed E-state index contributed by atoms with van der Waals surface area (Å²) in [5, 5.41) is 7.56. The molecule has 1 fully saturated rings. The van der Waals surface area contributed by atoms with E-state index in [-0.39, 0.29) is 11.9 Å². The zero-order valence-corrected chi connectivity index (χ0v) is 17.3. The van der Waals surface area contributed by atoms with E-state index < -0.39 is 0 Å². The molecule has 1 saturated heterocycles. The van der Waals surface area contributed by atoms with Crippen molar-refractivity contribution in [3.8, 4) is 11.5 Å². The number of hydrogen-bond donors (Lipinski definition) is 1. The molecule has 11 heteroatoms. The average molecular weight is 438 g/mol.